The van der Waals surface area contributed by atoms with Gasteiger partial charge in [-0.1, -0.05) is 11.6 Å². The smallest absolute Gasteiger partial charge is 0.388 e. The van der Waals surface area contributed by atoms with Crippen LogP contribution in [-0.2, 0) is 0 Å². The van der Waals surface area contributed by atoms with Crippen molar-refractivity contribution in [3.63, 3.8) is 0 Å². The van der Waals surface area contributed by atoms with Crippen LogP contribution < -0.4 is 5.32 Å². The first-order chi connectivity index (χ1) is 10.6. The number of rotatable bonds is 4. The summed E-state index contributed by atoms with van der Waals surface area (Å²) < 4.78 is 38.4. The fraction of sp³-hybridized carbons (Fsp3) is 0.615. The van der Waals surface area contributed by atoms with E-state index in [9.17, 15) is 28.4 Å². The lowest BCUT2D eigenvalue weighted by Gasteiger charge is -2.37. The second-order valence-electron chi connectivity index (χ2n) is 5.69. The zero-order chi connectivity index (χ0) is 17.3. The molecule has 2 N–H and O–H groups in total. The number of pyridine rings is 1. The Bertz CT molecular complexity index is 600. The SMILES string of the molecule is O=[N+]([O-])c1cc(Cl)cnc1NCC1(O)CCCC(C(F)(F)F)C1. The van der Waals surface area contributed by atoms with E-state index in [1.54, 1.807) is 0 Å². The Hall–Kier alpha value is -1.61. The van der Waals surface area contributed by atoms with Crippen molar-refractivity contribution in [3.8, 4) is 0 Å². The molecule has 1 saturated carbocycles. The summed E-state index contributed by atoms with van der Waals surface area (Å²) in [5.41, 5.74) is -1.99. The van der Waals surface area contributed by atoms with E-state index in [-0.39, 0.29) is 36.6 Å². The second kappa shape index (κ2) is 6.48. The van der Waals surface area contributed by atoms with Gasteiger partial charge in [0, 0.05) is 18.8 Å². The standard InChI is InChI=1S/C13H15ClF3N3O3/c14-9-4-10(20(22)23)11(18-6-9)19-7-12(21)3-1-2-8(5-12)13(15,16)17/h4,6,8,21H,1-3,5,7H2,(H,18,19). The van der Waals surface area contributed by atoms with Crippen LogP contribution in [0.25, 0.3) is 0 Å². The molecule has 1 aliphatic rings. The van der Waals surface area contributed by atoms with E-state index in [0.717, 1.165) is 6.07 Å². The highest BCUT2D eigenvalue weighted by Crippen LogP contribution is 2.42. The van der Waals surface area contributed by atoms with E-state index in [1.807, 2.05) is 0 Å². The molecule has 2 unspecified atom stereocenters. The van der Waals surface area contributed by atoms with E-state index >= 15 is 0 Å². The molecule has 6 nitrogen and oxygen atoms in total. The first-order valence-electron chi connectivity index (χ1n) is 6.94. The quantitative estimate of drug-likeness (QED) is 0.638. The third-order valence-electron chi connectivity index (χ3n) is 3.90. The first kappa shape index (κ1) is 17.7. The molecule has 0 bridgehead atoms. The molecule has 2 atom stereocenters. The molecule has 1 heterocycles. The van der Waals surface area contributed by atoms with Gasteiger partial charge >= 0.3 is 11.9 Å². The van der Waals surface area contributed by atoms with Crippen molar-refractivity contribution in [2.45, 2.75) is 37.5 Å². The molecule has 0 radical (unpaired) electrons. The minimum atomic E-state index is -4.36. The van der Waals surface area contributed by atoms with Gasteiger partial charge in [0.2, 0.25) is 5.82 Å². The third kappa shape index (κ3) is 4.44. The molecule has 1 aliphatic carbocycles. The minimum absolute atomic E-state index is 0.0227. The van der Waals surface area contributed by atoms with Crippen molar-refractivity contribution in [3.05, 3.63) is 27.4 Å². The zero-order valence-electron chi connectivity index (χ0n) is 11.9. The number of hydrogen-bond acceptors (Lipinski definition) is 5. The summed E-state index contributed by atoms with van der Waals surface area (Å²) in [6, 6.07) is 1.08. The van der Waals surface area contributed by atoms with Gasteiger partial charge in [0.15, 0.2) is 0 Å². The molecule has 2 rings (SSSR count). The van der Waals surface area contributed by atoms with Gasteiger partial charge in [0.25, 0.3) is 0 Å². The normalized spacial score (nSPS) is 25.2. The number of anilines is 1. The Morgan fingerprint density at radius 3 is 2.87 bits per heavy atom. The van der Waals surface area contributed by atoms with Crippen LogP contribution in [0.5, 0.6) is 0 Å². The van der Waals surface area contributed by atoms with Crippen LogP contribution >= 0.6 is 11.6 Å². The highest BCUT2D eigenvalue weighted by atomic mass is 35.5. The summed E-state index contributed by atoms with van der Waals surface area (Å²) in [5.74, 6) is -1.71. The van der Waals surface area contributed by atoms with Crippen molar-refractivity contribution in [1.82, 2.24) is 4.98 Å². The highest BCUT2D eigenvalue weighted by Gasteiger charge is 2.47. The summed E-state index contributed by atoms with van der Waals surface area (Å²) in [6.45, 7) is -0.255. The molecule has 128 valence electrons. The lowest BCUT2D eigenvalue weighted by atomic mass is 9.77. The number of hydrogen-bond donors (Lipinski definition) is 2. The maximum absolute atomic E-state index is 12.8. The van der Waals surface area contributed by atoms with Crippen molar-refractivity contribution in [2.75, 3.05) is 11.9 Å². The number of nitrogens with one attached hydrogen (secondary N) is 1. The summed E-state index contributed by atoms with van der Waals surface area (Å²) in [4.78, 5) is 14.0. The van der Waals surface area contributed by atoms with E-state index < -0.39 is 34.7 Å². The van der Waals surface area contributed by atoms with Crippen molar-refractivity contribution >= 4 is 23.1 Å². The molecule has 0 spiro atoms. The molecule has 0 aromatic carbocycles. The average molecular weight is 354 g/mol. The van der Waals surface area contributed by atoms with Crippen molar-refractivity contribution in [1.29, 1.82) is 0 Å². The largest absolute Gasteiger partial charge is 0.391 e. The Morgan fingerprint density at radius 1 is 1.57 bits per heavy atom. The van der Waals surface area contributed by atoms with Crippen molar-refractivity contribution < 1.29 is 23.2 Å². The number of aromatic nitrogens is 1. The Labute approximate surface area is 134 Å². The average Bonchev–Trinajstić information content (AvgIpc) is 2.45. The molecular formula is C13H15ClF3N3O3. The van der Waals surface area contributed by atoms with Crippen LogP contribution in [0.4, 0.5) is 24.7 Å². The summed E-state index contributed by atoms with van der Waals surface area (Å²) >= 11 is 5.64. The van der Waals surface area contributed by atoms with Crippen molar-refractivity contribution in [2.24, 2.45) is 5.92 Å². The van der Waals surface area contributed by atoms with Crippen LogP contribution in [-0.4, -0.2) is 33.3 Å². The molecule has 23 heavy (non-hydrogen) atoms. The van der Waals surface area contributed by atoms with Gasteiger partial charge in [-0.2, -0.15) is 13.2 Å². The molecule has 0 aliphatic heterocycles. The fourth-order valence-electron chi connectivity index (χ4n) is 2.73. The van der Waals surface area contributed by atoms with Gasteiger partial charge in [-0.3, -0.25) is 10.1 Å². The van der Waals surface area contributed by atoms with E-state index in [2.05, 4.69) is 10.3 Å². The van der Waals surface area contributed by atoms with E-state index in [1.165, 1.54) is 6.20 Å². The number of nitrogens with zero attached hydrogens (tertiary/aromatic N) is 2. The topological polar surface area (TPSA) is 88.3 Å². The van der Waals surface area contributed by atoms with Gasteiger partial charge in [0.05, 0.1) is 21.5 Å². The summed E-state index contributed by atoms with van der Waals surface area (Å²) in [5, 5.41) is 23.9. The zero-order valence-corrected chi connectivity index (χ0v) is 12.7. The maximum atomic E-state index is 12.8. The molecule has 0 amide bonds. The van der Waals surface area contributed by atoms with E-state index in [4.69, 9.17) is 11.6 Å². The monoisotopic (exact) mass is 353 g/mol. The van der Waals surface area contributed by atoms with Gasteiger partial charge < -0.3 is 10.4 Å². The molecular weight excluding hydrogens is 339 g/mol. The van der Waals surface area contributed by atoms with E-state index in [0.29, 0.717) is 0 Å². The molecule has 1 fully saturated rings. The summed E-state index contributed by atoms with van der Waals surface area (Å²) in [7, 11) is 0. The first-order valence-corrected chi connectivity index (χ1v) is 7.31. The number of aliphatic hydroxyl groups is 1. The second-order valence-corrected chi connectivity index (χ2v) is 6.13. The fourth-order valence-corrected chi connectivity index (χ4v) is 2.88. The van der Waals surface area contributed by atoms with Crippen LogP contribution in [0.3, 0.4) is 0 Å². The lowest BCUT2D eigenvalue weighted by molar-refractivity contribution is -0.384. The molecule has 10 heteroatoms. The highest BCUT2D eigenvalue weighted by molar-refractivity contribution is 6.30. The predicted octanol–water partition coefficient (Wildman–Crippen LogP) is 3.54. The predicted molar refractivity (Wildman–Crippen MR) is 77.4 cm³/mol. The number of alkyl halides is 3. The Kier molecular flexibility index (Phi) is 5.00. The number of nitro groups is 1. The van der Waals surface area contributed by atoms with Crippen LogP contribution in [0.1, 0.15) is 25.7 Å². The van der Waals surface area contributed by atoms with Gasteiger partial charge in [-0.15, -0.1) is 0 Å². The Balaban J connectivity index is 2.09. The van der Waals surface area contributed by atoms with Crippen LogP contribution in [0.15, 0.2) is 12.3 Å². The van der Waals surface area contributed by atoms with Gasteiger partial charge in [-0.05, 0) is 25.7 Å². The Morgan fingerprint density at radius 2 is 2.26 bits per heavy atom. The molecule has 1 aromatic rings. The molecule has 1 aromatic heterocycles. The van der Waals surface area contributed by atoms with Crippen LogP contribution in [0.2, 0.25) is 5.02 Å². The third-order valence-corrected chi connectivity index (χ3v) is 4.11. The lowest BCUT2D eigenvalue weighted by Crippen LogP contribution is -2.45. The maximum Gasteiger partial charge on any atom is 0.391 e. The molecule has 0 saturated heterocycles. The summed E-state index contributed by atoms with van der Waals surface area (Å²) in [6.07, 6.45) is -3.22. The minimum Gasteiger partial charge on any atom is -0.388 e. The van der Waals surface area contributed by atoms with Gasteiger partial charge in [-0.25, -0.2) is 4.98 Å². The van der Waals surface area contributed by atoms with Crippen LogP contribution in [0, 0.1) is 16.0 Å². The number of halogens is 4. The van der Waals surface area contributed by atoms with Gasteiger partial charge in [0.1, 0.15) is 0 Å².